The monoisotopic (exact) mass is 445 g/mol. The van der Waals surface area contributed by atoms with Crippen LogP contribution in [-0.4, -0.2) is 50.3 Å². The van der Waals surface area contributed by atoms with Gasteiger partial charge in [-0.15, -0.1) is 0 Å². The van der Waals surface area contributed by atoms with E-state index in [4.69, 9.17) is 9.84 Å². The second kappa shape index (κ2) is 8.83. The number of phenols is 1. The van der Waals surface area contributed by atoms with Crippen LogP contribution in [0.1, 0.15) is 63.5 Å². The molecule has 0 radical (unpaired) electrons. The number of amides is 2. The maximum atomic E-state index is 13.3. The van der Waals surface area contributed by atoms with Crippen LogP contribution in [0.5, 0.6) is 5.75 Å². The van der Waals surface area contributed by atoms with Crippen LogP contribution in [0.3, 0.4) is 0 Å². The Balaban J connectivity index is 1.52. The van der Waals surface area contributed by atoms with Gasteiger partial charge < -0.3 is 20.1 Å². The maximum Gasteiger partial charge on any atom is 0.303 e. The number of carbonyl (C=O) groups is 3. The van der Waals surface area contributed by atoms with Gasteiger partial charge in [0.15, 0.2) is 5.79 Å². The molecule has 32 heavy (non-hydrogen) atoms. The molecule has 0 spiro atoms. The fourth-order valence-electron chi connectivity index (χ4n) is 5.85. The van der Waals surface area contributed by atoms with Crippen LogP contribution in [0, 0.1) is 23.7 Å². The molecule has 0 aromatic heterocycles. The molecule has 0 bridgehead atoms. The standard InChI is InChI=1S/C24H31NO7/c1-2-15-12-17-21(23(30)25(22(17)29)11-5-3-4-6-20(27)28)18-13-19(32-24(15,18)31)14-7-9-16(26)10-8-14/h7-10,15,17-19,21,26,31H,2-6,11-13H2,1H3,(H,27,28)/t15-,17-,18-,19-,21-,24+/m0/s1. The van der Waals surface area contributed by atoms with Crippen molar-refractivity contribution in [2.75, 3.05) is 6.54 Å². The average molecular weight is 446 g/mol. The fourth-order valence-corrected chi connectivity index (χ4v) is 5.85. The van der Waals surface area contributed by atoms with Crippen molar-refractivity contribution >= 4 is 17.8 Å². The highest BCUT2D eigenvalue weighted by atomic mass is 16.6. The summed E-state index contributed by atoms with van der Waals surface area (Å²) in [4.78, 5) is 38.4. The molecule has 2 aliphatic heterocycles. The Hall–Kier alpha value is -2.45. The lowest BCUT2D eigenvalue weighted by atomic mass is 9.64. The predicted octanol–water partition coefficient (Wildman–Crippen LogP) is 2.83. The van der Waals surface area contributed by atoms with Gasteiger partial charge in [0.2, 0.25) is 11.8 Å². The Labute approximate surface area is 187 Å². The highest BCUT2D eigenvalue weighted by molar-refractivity contribution is 6.05. The number of benzene rings is 1. The summed E-state index contributed by atoms with van der Waals surface area (Å²) in [7, 11) is 0. The van der Waals surface area contributed by atoms with E-state index in [0.29, 0.717) is 38.5 Å². The molecule has 3 N–H and O–H groups in total. The largest absolute Gasteiger partial charge is 0.508 e. The van der Waals surface area contributed by atoms with Gasteiger partial charge in [-0.1, -0.05) is 25.5 Å². The van der Waals surface area contributed by atoms with Gasteiger partial charge in [-0.05, 0) is 49.8 Å². The van der Waals surface area contributed by atoms with Crippen molar-refractivity contribution < 1.29 is 34.4 Å². The molecular formula is C24H31NO7. The third-order valence-electron chi connectivity index (χ3n) is 7.49. The summed E-state index contributed by atoms with van der Waals surface area (Å²) >= 11 is 0. The minimum atomic E-state index is -1.47. The molecular weight excluding hydrogens is 414 g/mol. The van der Waals surface area contributed by atoms with Crippen LogP contribution in [0.4, 0.5) is 0 Å². The van der Waals surface area contributed by atoms with Crippen LogP contribution in [0.2, 0.25) is 0 Å². The summed E-state index contributed by atoms with van der Waals surface area (Å²) in [5.41, 5.74) is 0.823. The summed E-state index contributed by atoms with van der Waals surface area (Å²) in [5, 5.41) is 29.9. The van der Waals surface area contributed by atoms with Crippen LogP contribution in [-0.2, 0) is 19.1 Å². The number of hydrogen-bond donors (Lipinski definition) is 3. The topological polar surface area (TPSA) is 124 Å². The van der Waals surface area contributed by atoms with E-state index in [1.54, 1.807) is 24.3 Å². The second-order valence-electron chi connectivity index (χ2n) is 9.30. The first-order valence-electron chi connectivity index (χ1n) is 11.5. The van der Waals surface area contributed by atoms with Crippen molar-refractivity contribution in [3.63, 3.8) is 0 Å². The number of phenolic OH excluding ortho intramolecular Hbond substituents is 1. The zero-order chi connectivity index (χ0) is 23.0. The Morgan fingerprint density at radius 2 is 1.84 bits per heavy atom. The molecule has 174 valence electrons. The number of rotatable bonds is 8. The molecule has 2 amide bonds. The zero-order valence-corrected chi connectivity index (χ0v) is 18.3. The van der Waals surface area contributed by atoms with E-state index in [1.807, 2.05) is 6.92 Å². The number of hydrogen-bond acceptors (Lipinski definition) is 6. The summed E-state index contributed by atoms with van der Waals surface area (Å²) < 4.78 is 6.18. The van der Waals surface area contributed by atoms with Crippen molar-refractivity contribution in [2.45, 2.75) is 63.8 Å². The van der Waals surface area contributed by atoms with Gasteiger partial charge in [-0.3, -0.25) is 19.3 Å². The molecule has 4 rings (SSSR count). The Morgan fingerprint density at radius 1 is 1.12 bits per heavy atom. The molecule has 2 saturated heterocycles. The maximum absolute atomic E-state index is 13.3. The van der Waals surface area contributed by atoms with Crippen molar-refractivity contribution in [1.29, 1.82) is 0 Å². The van der Waals surface area contributed by atoms with Crippen LogP contribution in [0.25, 0.3) is 0 Å². The van der Waals surface area contributed by atoms with Crippen molar-refractivity contribution in [3.8, 4) is 5.75 Å². The first kappa shape index (κ1) is 22.7. The minimum absolute atomic E-state index is 0.0798. The van der Waals surface area contributed by atoms with E-state index in [-0.39, 0.29) is 36.4 Å². The number of imide groups is 1. The number of ether oxygens (including phenoxy) is 1. The van der Waals surface area contributed by atoms with Crippen LogP contribution in [0.15, 0.2) is 24.3 Å². The van der Waals surface area contributed by atoms with E-state index in [1.165, 1.54) is 4.90 Å². The molecule has 1 aromatic carbocycles. The molecule has 3 fully saturated rings. The fraction of sp³-hybridized carbons (Fsp3) is 0.625. The summed E-state index contributed by atoms with van der Waals surface area (Å²) in [6.07, 6.45) is 2.87. The third-order valence-corrected chi connectivity index (χ3v) is 7.49. The lowest BCUT2D eigenvalue weighted by Gasteiger charge is -2.44. The Morgan fingerprint density at radius 3 is 2.50 bits per heavy atom. The third kappa shape index (κ3) is 3.90. The lowest BCUT2D eigenvalue weighted by Crippen LogP contribution is -2.53. The highest BCUT2D eigenvalue weighted by Crippen LogP contribution is 2.58. The molecule has 0 unspecified atom stereocenters. The van der Waals surface area contributed by atoms with Crippen molar-refractivity contribution in [3.05, 3.63) is 29.8 Å². The van der Waals surface area contributed by atoms with Gasteiger partial charge in [0.1, 0.15) is 5.75 Å². The van der Waals surface area contributed by atoms with Gasteiger partial charge >= 0.3 is 5.97 Å². The first-order valence-corrected chi connectivity index (χ1v) is 11.5. The summed E-state index contributed by atoms with van der Waals surface area (Å²) in [5.74, 6) is -4.36. The second-order valence-corrected chi connectivity index (χ2v) is 9.30. The van der Waals surface area contributed by atoms with Gasteiger partial charge in [-0.25, -0.2) is 0 Å². The molecule has 1 saturated carbocycles. The van der Waals surface area contributed by atoms with E-state index >= 15 is 0 Å². The van der Waals surface area contributed by atoms with Crippen molar-refractivity contribution in [2.24, 2.45) is 23.7 Å². The number of aliphatic carboxylic acids is 1. The lowest BCUT2D eigenvalue weighted by molar-refractivity contribution is -0.269. The number of carboxylic acids is 1. The number of aliphatic hydroxyl groups is 1. The highest BCUT2D eigenvalue weighted by Gasteiger charge is 2.66. The van der Waals surface area contributed by atoms with Gasteiger partial charge in [0.25, 0.3) is 0 Å². The number of carbonyl (C=O) groups excluding carboxylic acids is 2. The number of aromatic hydroxyl groups is 1. The number of unbranched alkanes of at least 4 members (excludes halogenated alkanes) is 2. The molecule has 8 heteroatoms. The smallest absolute Gasteiger partial charge is 0.303 e. The molecule has 1 aliphatic carbocycles. The molecule has 3 aliphatic rings. The quantitative estimate of drug-likeness (QED) is 0.415. The molecule has 8 nitrogen and oxygen atoms in total. The first-order chi connectivity index (χ1) is 15.3. The number of nitrogens with zero attached hydrogens (tertiary/aromatic N) is 1. The van der Waals surface area contributed by atoms with E-state index in [9.17, 15) is 24.6 Å². The summed E-state index contributed by atoms with van der Waals surface area (Å²) in [6.45, 7) is 2.24. The molecule has 1 aromatic rings. The van der Waals surface area contributed by atoms with Crippen LogP contribution >= 0.6 is 0 Å². The number of likely N-dealkylation sites (tertiary alicyclic amines) is 1. The normalized spacial score (nSPS) is 33.9. The zero-order valence-electron chi connectivity index (χ0n) is 18.3. The average Bonchev–Trinajstić information content (AvgIpc) is 3.22. The summed E-state index contributed by atoms with van der Waals surface area (Å²) in [6, 6.07) is 6.65. The number of carboxylic acid groups (broad SMARTS) is 1. The van der Waals surface area contributed by atoms with Crippen LogP contribution < -0.4 is 0 Å². The molecule has 6 atom stereocenters. The van der Waals surface area contributed by atoms with Crippen molar-refractivity contribution in [1.82, 2.24) is 4.90 Å². The van der Waals surface area contributed by atoms with E-state index < -0.39 is 35.6 Å². The van der Waals surface area contributed by atoms with E-state index in [2.05, 4.69) is 0 Å². The Bertz CT molecular complexity index is 885. The SMILES string of the molecule is CC[C@H]1C[C@@H]2C(=O)N(CCCCCC(=O)O)C(=O)[C@@H]2[C@@H]2C[C@@H](c3ccc(O)cc3)O[C@]12O. The number of fused-ring (bicyclic) bond motifs is 3. The predicted molar refractivity (Wildman–Crippen MR) is 113 cm³/mol. The van der Waals surface area contributed by atoms with Gasteiger partial charge in [0.05, 0.1) is 17.9 Å². The van der Waals surface area contributed by atoms with Gasteiger partial charge in [0, 0.05) is 24.8 Å². The van der Waals surface area contributed by atoms with Gasteiger partial charge in [-0.2, -0.15) is 0 Å². The minimum Gasteiger partial charge on any atom is -0.508 e. The Kier molecular flexibility index (Phi) is 6.27. The van der Waals surface area contributed by atoms with E-state index in [0.717, 1.165) is 5.56 Å². The molecule has 2 heterocycles.